The third-order valence-electron chi connectivity index (χ3n) is 4.64. The van der Waals surface area contributed by atoms with Gasteiger partial charge in [0.2, 0.25) is 0 Å². The number of aromatic nitrogens is 1. The second-order valence-electron chi connectivity index (χ2n) is 6.17. The molecule has 2 atom stereocenters. The summed E-state index contributed by atoms with van der Waals surface area (Å²) in [4.78, 5) is 4.26. The zero-order valence-electron chi connectivity index (χ0n) is 13.5. The van der Waals surface area contributed by atoms with Crippen molar-refractivity contribution in [1.29, 1.82) is 5.26 Å². The normalized spacial score (nSPS) is 20.3. The first-order chi connectivity index (χ1) is 11.8. The number of hydrogen-bond donors (Lipinski definition) is 2. The third kappa shape index (κ3) is 4.25. The second kappa shape index (κ2) is 8.14. The molecular formula is C19H21ClN4. The lowest BCUT2D eigenvalue weighted by molar-refractivity contribution is 0.312. The van der Waals surface area contributed by atoms with Crippen LogP contribution in [0.25, 0.3) is 0 Å². The van der Waals surface area contributed by atoms with Crippen molar-refractivity contribution in [3.63, 3.8) is 0 Å². The van der Waals surface area contributed by atoms with Crippen LogP contribution in [0, 0.1) is 17.2 Å². The van der Waals surface area contributed by atoms with Gasteiger partial charge in [-0.25, -0.2) is 4.98 Å². The van der Waals surface area contributed by atoms with Crippen LogP contribution in [0.5, 0.6) is 0 Å². The maximum Gasteiger partial charge on any atom is 0.125 e. The van der Waals surface area contributed by atoms with Gasteiger partial charge in [0.1, 0.15) is 11.9 Å². The van der Waals surface area contributed by atoms with E-state index in [-0.39, 0.29) is 0 Å². The minimum atomic E-state index is 0.520. The maximum atomic E-state index is 8.80. The highest BCUT2D eigenvalue weighted by Crippen LogP contribution is 2.32. The molecule has 0 unspecified atom stereocenters. The Kier molecular flexibility index (Phi) is 5.68. The fourth-order valence-electron chi connectivity index (χ4n) is 3.31. The summed E-state index contributed by atoms with van der Waals surface area (Å²) in [5.41, 5.74) is 1.94. The first-order valence-corrected chi connectivity index (χ1v) is 8.70. The van der Waals surface area contributed by atoms with Gasteiger partial charge in [-0.15, -0.1) is 0 Å². The average molecular weight is 341 g/mol. The zero-order valence-corrected chi connectivity index (χ0v) is 14.3. The zero-order chi connectivity index (χ0) is 16.8. The SMILES string of the molecule is N#Cc1ccc(NCC[C@@H]2CCNC[C@@H]2c2ccc(Cl)cc2)nc1. The highest BCUT2D eigenvalue weighted by Gasteiger charge is 2.25. The van der Waals surface area contributed by atoms with Crippen LogP contribution in [0.1, 0.15) is 29.9 Å². The summed E-state index contributed by atoms with van der Waals surface area (Å²) in [6.07, 6.45) is 3.87. The van der Waals surface area contributed by atoms with E-state index in [0.29, 0.717) is 17.4 Å². The number of benzene rings is 1. The highest BCUT2D eigenvalue weighted by atomic mass is 35.5. The molecular weight excluding hydrogens is 320 g/mol. The number of hydrogen-bond acceptors (Lipinski definition) is 4. The molecule has 1 aromatic carbocycles. The van der Waals surface area contributed by atoms with Crippen LogP contribution < -0.4 is 10.6 Å². The van der Waals surface area contributed by atoms with Crippen LogP contribution >= 0.6 is 11.6 Å². The lowest BCUT2D eigenvalue weighted by Gasteiger charge is -2.32. The van der Waals surface area contributed by atoms with Crippen LogP contribution in [0.15, 0.2) is 42.6 Å². The first kappa shape index (κ1) is 16.8. The summed E-state index contributed by atoms with van der Waals surface area (Å²) < 4.78 is 0. The molecule has 124 valence electrons. The van der Waals surface area contributed by atoms with E-state index in [1.807, 2.05) is 18.2 Å². The molecule has 5 heteroatoms. The third-order valence-corrected chi connectivity index (χ3v) is 4.89. The fraction of sp³-hybridized carbons (Fsp3) is 0.368. The van der Waals surface area contributed by atoms with Gasteiger partial charge in [-0.3, -0.25) is 0 Å². The van der Waals surface area contributed by atoms with E-state index in [1.165, 1.54) is 12.0 Å². The Morgan fingerprint density at radius 2 is 2.08 bits per heavy atom. The summed E-state index contributed by atoms with van der Waals surface area (Å²) >= 11 is 6.01. The predicted molar refractivity (Wildman–Crippen MR) is 97.2 cm³/mol. The Balaban J connectivity index is 1.57. The van der Waals surface area contributed by atoms with Crippen molar-refractivity contribution in [2.24, 2.45) is 5.92 Å². The average Bonchev–Trinajstić information content (AvgIpc) is 2.63. The quantitative estimate of drug-likeness (QED) is 0.869. The summed E-state index contributed by atoms with van der Waals surface area (Å²) in [5, 5.41) is 16.5. The van der Waals surface area contributed by atoms with E-state index in [1.54, 1.807) is 12.3 Å². The van der Waals surface area contributed by atoms with Gasteiger partial charge >= 0.3 is 0 Å². The monoisotopic (exact) mass is 340 g/mol. The minimum absolute atomic E-state index is 0.520. The molecule has 3 rings (SSSR count). The Bertz CT molecular complexity index is 691. The van der Waals surface area contributed by atoms with E-state index in [4.69, 9.17) is 16.9 Å². The first-order valence-electron chi connectivity index (χ1n) is 8.32. The summed E-state index contributed by atoms with van der Waals surface area (Å²) in [6.45, 7) is 2.97. The number of pyridine rings is 1. The van der Waals surface area contributed by atoms with E-state index in [2.05, 4.69) is 33.8 Å². The molecule has 2 N–H and O–H groups in total. The van der Waals surface area contributed by atoms with Crippen molar-refractivity contribution in [2.75, 3.05) is 25.0 Å². The van der Waals surface area contributed by atoms with Crippen molar-refractivity contribution >= 4 is 17.4 Å². The molecule has 0 radical (unpaired) electrons. The van der Waals surface area contributed by atoms with Crippen LogP contribution in [0.3, 0.4) is 0 Å². The largest absolute Gasteiger partial charge is 0.370 e. The molecule has 4 nitrogen and oxygen atoms in total. The van der Waals surface area contributed by atoms with Gasteiger partial charge < -0.3 is 10.6 Å². The van der Waals surface area contributed by atoms with E-state index in [0.717, 1.165) is 36.9 Å². The maximum absolute atomic E-state index is 8.80. The van der Waals surface area contributed by atoms with Gasteiger partial charge in [0.05, 0.1) is 5.56 Å². The molecule has 1 aliphatic rings. The van der Waals surface area contributed by atoms with Gasteiger partial charge in [0.25, 0.3) is 0 Å². The Hall–Kier alpha value is -2.09. The second-order valence-corrected chi connectivity index (χ2v) is 6.61. The molecule has 0 aliphatic carbocycles. The number of halogens is 1. The molecule has 2 aromatic rings. The molecule has 24 heavy (non-hydrogen) atoms. The molecule has 0 bridgehead atoms. The molecule has 0 amide bonds. The number of nitrogens with one attached hydrogen (secondary N) is 2. The van der Waals surface area contributed by atoms with Gasteiger partial charge in [0.15, 0.2) is 0 Å². The van der Waals surface area contributed by atoms with Crippen molar-refractivity contribution < 1.29 is 0 Å². The molecule has 1 fully saturated rings. The van der Waals surface area contributed by atoms with Gasteiger partial charge in [0, 0.05) is 24.3 Å². The Morgan fingerprint density at radius 1 is 1.25 bits per heavy atom. The summed E-state index contributed by atoms with van der Waals surface area (Å²) in [5.74, 6) is 1.98. The highest BCUT2D eigenvalue weighted by molar-refractivity contribution is 6.30. The number of nitrogens with zero attached hydrogens (tertiary/aromatic N) is 2. The summed E-state index contributed by atoms with van der Waals surface area (Å²) in [6, 6.07) is 14.0. The van der Waals surface area contributed by atoms with Crippen LogP contribution in [-0.4, -0.2) is 24.6 Å². The van der Waals surface area contributed by atoms with E-state index >= 15 is 0 Å². The number of piperidine rings is 1. The fourth-order valence-corrected chi connectivity index (χ4v) is 3.43. The molecule has 1 aliphatic heterocycles. The number of rotatable bonds is 5. The van der Waals surface area contributed by atoms with Crippen molar-refractivity contribution in [1.82, 2.24) is 10.3 Å². The standard InChI is InChI=1S/C19H21ClN4/c20-17-4-2-15(3-5-17)18-13-22-9-7-16(18)8-10-23-19-6-1-14(11-21)12-24-19/h1-6,12,16,18,22H,7-10,13H2,(H,23,24)/t16-,18+/m0/s1. The van der Waals surface area contributed by atoms with Gasteiger partial charge in [-0.05, 0) is 61.1 Å². The molecule has 1 aromatic heterocycles. The van der Waals surface area contributed by atoms with Crippen LogP contribution in [-0.2, 0) is 0 Å². The lowest BCUT2D eigenvalue weighted by atomic mass is 9.79. The number of anilines is 1. The molecule has 0 saturated carbocycles. The predicted octanol–water partition coefficient (Wildman–Crippen LogP) is 3.80. The molecule has 2 heterocycles. The number of nitriles is 1. The molecule has 1 saturated heterocycles. The lowest BCUT2D eigenvalue weighted by Crippen LogP contribution is -2.36. The van der Waals surface area contributed by atoms with Crippen molar-refractivity contribution in [3.05, 3.63) is 58.7 Å². The Morgan fingerprint density at radius 3 is 2.79 bits per heavy atom. The van der Waals surface area contributed by atoms with Crippen LogP contribution in [0.2, 0.25) is 5.02 Å². The Labute approximate surface area is 147 Å². The van der Waals surface area contributed by atoms with Gasteiger partial charge in [-0.1, -0.05) is 23.7 Å². The smallest absolute Gasteiger partial charge is 0.125 e. The molecule has 0 spiro atoms. The van der Waals surface area contributed by atoms with Crippen molar-refractivity contribution in [3.8, 4) is 6.07 Å². The van der Waals surface area contributed by atoms with Crippen LogP contribution in [0.4, 0.5) is 5.82 Å². The summed E-state index contributed by atoms with van der Waals surface area (Å²) in [7, 11) is 0. The van der Waals surface area contributed by atoms with E-state index in [9.17, 15) is 0 Å². The van der Waals surface area contributed by atoms with E-state index < -0.39 is 0 Å². The topological polar surface area (TPSA) is 60.7 Å². The van der Waals surface area contributed by atoms with Gasteiger partial charge in [-0.2, -0.15) is 5.26 Å². The van der Waals surface area contributed by atoms with Crippen molar-refractivity contribution in [2.45, 2.75) is 18.8 Å². The minimum Gasteiger partial charge on any atom is -0.370 e.